The van der Waals surface area contributed by atoms with Crippen molar-refractivity contribution in [1.29, 1.82) is 5.26 Å². The maximum Gasteiger partial charge on any atom is 0.258 e. The predicted octanol–water partition coefficient (Wildman–Crippen LogP) is 3.22. The summed E-state index contributed by atoms with van der Waals surface area (Å²) in [7, 11) is 1.66. The van der Waals surface area contributed by atoms with Crippen LogP contribution in [0.4, 0.5) is 0 Å². The molecule has 0 saturated heterocycles. The van der Waals surface area contributed by atoms with Gasteiger partial charge in [0, 0.05) is 28.9 Å². The highest BCUT2D eigenvalue weighted by molar-refractivity contribution is 6.35. The average Bonchev–Trinajstić information content (AvgIpc) is 2.52. The molecule has 0 aliphatic carbocycles. The van der Waals surface area contributed by atoms with Gasteiger partial charge in [-0.15, -0.1) is 0 Å². The number of hydrogen-bond acceptors (Lipinski definition) is 4. The molecular formula is C17H13Cl2N3O2. The Morgan fingerprint density at radius 1 is 1.33 bits per heavy atom. The van der Waals surface area contributed by atoms with Crippen LogP contribution in [0, 0.1) is 18.3 Å². The normalized spacial score (nSPS) is 16.4. The van der Waals surface area contributed by atoms with Crippen molar-refractivity contribution in [2.75, 3.05) is 0 Å². The number of hydrogen-bond donors (Lipinski definition) is 1. The number of fused-ring (bicyclic) bond motifs is 1. The van der Waals surface area contributed by atoms with Crippen LogP contribution in [0.5, 0.6) is 5.75 Å². The number of aryl methyl sites for hydroxylation is 1. The van der Waals surface area contributed by atoms with Gasteiger partial charge in [-0.05, 0) is 24.6 Å². The van der Waals surface area contributed by atoms with Crippen LogP contribution in [0.2, 0.25) is 10.0 Å². The fraction of sp³-hybridized carbons (Fsp3) is 0.176. The highest BCUT2D eigenvalue weighted by Crippen LogP contribution is 2.43. The Bertz CT molecular complexity index is 987. The molecule has 1 aliphatic heterocycles. The van der Waals surface area contributed by atoms with Crippen LogP contribution in [-0.2, 0) is 7.05 Å². The van der Waals surface area contributed by atoms with Gasteiger partial charge in [-0.3, -0.25) is 4.79 Å². The van der Waals surface area contributed by atoms with Crippen LogP contribution in [0.3, 0.4) is 0 Å². The lowest BCUT2D eigenvalue weighted by molar-refractivity contribution is 0.389. The molecule has 24 heavy (non-hydrogen) atoms. The fourth-order valence-electron chi connectivity index (χ4n) is 2.79. The van der Waals surface area contributed by atoms with Crippen LogP contribution >= 0.6 is 23.2 Å². The number of nitrogens with two attached hydrogens (primary N) is 1. The number of nitriles is 1. The monoisotopic (exact) mass is 361 g/mol. The van der Waals surface area contributed by atoms with Gasteiger partial charge in [-0.25, -0.2) is 0 Å². The summed E-state index contributed by atoms with van der Waals surface area (Å²) < 4.78 is 7.02. The van der Waals surface area contributed by atoms with Crippen LogP contribution in [0.1, 0.15) is 22.7 Å². The van der Waals surface area contributed by atoms with Gasteiger partial charge in [-0.2, -0.15) is 5.26 Å². The molecular weight excluding hydrogens is 349 g/mol. The Morgan fingerprint density at radius 2 is 2.04 bits per heavy atom. The zero-order chi connectivity index (χ0) is 17.6. The molecule has 1 aromatic carbocycles. The van der Waals surface area contributed by atoms with Crippen molar-refractivity contribution in [3.8, 4) is 11.8 Å². The lowest BCUT2D eigenvalue weighted by atomic mass is 9.84. The van der Waals surface area contributed by atoms with Gasteiger partial charge in [0.05, 0.1) is 11.5 Å². The molecule has 0 fully saturated rings. The van der Waals surface area contributed by atoms with E-state index in [0.29, 0.717) is 32.6 Å². The van der Waals surface area contributed by atoms with Crippen LogP contribution in [0.15, 0.2) is 40.5 Å². The van der Waals surface area contributed by atoms with Crippen molar-refractivity contribution in [2.45, 2.75) is 12.8 Å². The Kier molecular flexibility index (Phi) is 4.04. The average molecular weight is 362 g/mol. The molecule has 1 atom stereocenters. The van der Waals surface area contributed by atoms with Gasteiger partial charge in [0.1, 0.15) is 17.4 Å². The third-order valence-corrected chi connectivity index (χ3v) is 4.69. The van der Waals surface area contributed by atoms with Crippen LogP contribution < -0.4 is 16.0 Å². The third kappa shape index (κ3) is 2.44. The lowest BCUT2D eigenvalue weighted by Gasteiger charge is -2.27. The van der Waals surface area contributed by atoms with Crippen molar-refractivity contribution in [3.63, 3.8) is 0 Å². The first-order valence-electron chi connectivity index (χ1n) is 7.08. The molecule has 2 heterocycles. The number of aromatic nitrogens is 1. The standard InChI is InChI=1S/C17H13Cl2N3O2/c1-8-5-13-15(17(23)22(8)2)14(11(7-20)16(21)24-13)10-4-3-9(18)6-12(10)19/h3-6,14H,21H2,1-2H3/t14-/m0/s1. The van der Waals surface area contributed by atoms with Gasteiger partial charge in [0.2, 0.25) is 5.88 Å². The molecule has 3 rings (SSSR count). The minimum Gasteiger partial charge on any atom is -0.440 e. The van der Waals surface area contributed by atoms with Crippen molar-refractivity contribution >= 4 is 23.2 Å². The smallest absolute Gasteiger partial charge is 0.258 e. The molecule has 0 unspecified atom stereocenters. The van der Waals surface area contributed by atoms with Crippen LogP contribution in [-0.4, -0.2) is 4.57 Å². The zero-order valence-electron chi connectivity index (χ0n) is 12.9. The second kappa shape index (κ2) is 5.90. The van der Waals surface area contributed by atoms with Crippen molar-refractivity contribution in [3.05, 3.63) is 72.9 Å². The second-order valence-corrected chi connectivity index (χ2v) is 6.36. The van der Waals surface area contributed by atoms with E-state index in [-0.39, 0.29) is 17.0 Å². The number of pyridine rings is 1. The summed E-state index contributed by atoms with van der Waals surface area (Å²) in [5, 5.41) is 10.3. The van der Waals surface area contributed by atoms with Gasteiger partial charge in [-0.1, -0.05) is 29.3 Å². The molecule has 1 aromatic heterocycles. The van der Waals surface area contributed by atoms with Crippen molar-refractivity contribution < 1.29 is 4.74 Å². The van der Waals surface area contributed by atoms with E-state index in [9.17, 15) is 10.1 Å². The van der Waals surface area contributed by atoms with E-state index in [1.807, 2.05) is 6.07 Å². The quantitative estimate of drug-likeness (QED) is 0.845. The number of halogens is 2. The maximum absolute atomic E-state index is 12.8. The highest BCUT2D eigenvalue weighted by atomic mass is 35.5. The summed E-state index contributed by atoms with van der Waals surface area (Å²) in [4.78, 5) is 12.8. The van der Waals surface area contributed by atoms with E-state index in [1.54, 1.807) is 38.2 Å². The molecule has 5 nitrogen and oxygen atoms in total. The topological polar surface area (TPSA) is 81.0 Å². The Balaban J connectivity index is 2.38. The molecule has 122 valence electrons. The van der Waals surface area contributed by atoms with Gasteiger partial charge in [0.25, 0.3) is 5.56 Å². The minimum absolute atomic E-state index is 0.0336. The number of nitrogens with zero attached hydrogens (tertiary/aromatic N) is 2. The Morgan fingerprint density at radius 3 is 2.67 bits per heavy atom. The molecule has 2 aromatic rings. The molecule has 0 amide bonds. The number of ether oxygens (including phenoxy) is 1. The highest BCUT2D eigenvalue weighted by Gasteiger charge is 2.35. The fourth-order valence-corrected chi connectivity index (χ4v) is 3.30. The first-order valence-corrected chi connectivity index (χ1v) is 7.83. The molecule has 0 radical (unpaired) electrons. The van der Waals surface area contributed by atoms with Crippen molar-refractivity contribution in [2.24, 2.45) is 12.8 Å². The first kappa shape index (κ1) is 16.4. The first-order chi connectivity index (χ1) is 11.3. The molecule has 7 heteroatoms. The van der Waals surface area contributed by atoms with E-state index >= 15 is 0 Å². The summed E-state index contributed by atoms with van der Waals surface area (Å²) in [5.74, 6) is -0.403. The Labute approximate surface area is 148 Å². The summed E-state index contributed by atoms with van der Waals surface area (Å²) in [6.45, 7) is 1.79. The van der Waals surface area contributed by atoms with Crippen LogP contribution in [0.25, 0.3) is 0 Å². The van der Waals surface area contributed by atoms with E-state index < -0.39 is 5.92 Å². The summed E-state index contributed by atoms with van der Waals surface area (Å²) in [5.41, 5.74) is 7.41. The molecule has 0 spiro atoms. The molecule has 0 bridgehead atoms. The Hall–Kier alpha value is -2.42. The summed E-state index contributed by atoms with van der Waals surface area (Å²) in [6.07, 6.45) is 0. The number of allylic oxidation sites excluding steroid dienone is 1. The largest absolute Gasteiger partial charge is 0.440 e. The summed E-state index contributed by atoms with van der Waals surface area (Å²) in [6, 6.07) is 8.66. The van der Waals surface area contributed by atoms with Gasteiger partial charge >= 0.3 is 0 Å². The molecule has 1 aliphatic rings. The van der Waals surface area contributed by atoms with E-state index in [2.05, 4.69) is 0 Å². The predicted molar refractivity (Wildman–Crippen MR) is 92.2 cm³/mol. The van der Waals surface area contributed by atoms with E-state index in [1.165, 1.54) is 4.57 Å². The van der Waals surface area contributed by atoms with Gasteiger partial charge < -0.3 is 15.0 Å². The summed E-state index contributed by atoms with van der Waals surface area (Å²) >= 11 is 12.3. The van der Waals surface area contributed by atoms with Crippen molar-refractivity contribution in [1.82, 2.24) is 4.57 Å². The number of benzene rings is 1. The van der Waals surface area contributed by atoms with Gasteiger partial charge in [0.15, 0.2) is 0 Å². The molecule has 2 N–H and O–H groups in total. The van der Waals surface area contributed by atoms with E-state index in [4.69, 9.17) is 33.7 Å². The zero-order valence-corrected chi connectivity index (χ0v) is 14.4. The SMILES string of the molecule is Cc1cc2c(c(=O)n1C)[C@@H](c1ccc(Cl)cc1Cl)C(C#N)=C(N)O2. The molecule has 0 saturated carbocycles. The minimum atomic E-state index is -0.706. The number of rotatable bonds is 1. The van der Waals surface area contributed by atoms with E-state index in [0.717, 1.165) is 0 Å². The lowest BCUT2D eigenvalue weighted by Crippen LogP contribution is -2.31. The third-order valence-electron chi connectivity index (χ3n) is 4.13. The maximum atomic E-state index is 12.8. The second-order valence-electron chi connectivity index (χ2n) is 5.52.